The molecule has 0 unspecified atom stereocenters. The summed E-state index contributed by atoms with van der Waals surface area (Å²) in [7, 11) is -3.84. The molecule has 1 amide bonds. The van der Waals surface area contributed by atoms with Gasteiger partial charge < -0.3 is 5.32 Å². The van der Waals surface area contributed by atoms with Gasteiger partial charge in [0.2, 0.25) is 10.0 Å². The van der Waals surface area contributed by atoms with Gasteiger partial charge in [-0.15, -0.1) is 0 Å². The summed E-state index contributed by atoms with van der Waals surface area (Å²) in [6.45, 7) is 0.638. The molecule has 0 aromatic heterocycles. The van der Waals surface area contributed by atoms with Gasteiger partial charge >= 0.3 is 0 Å². The lowest BCUT2D eigenvalue weighted by Crippen LogP contribution is -2.32. The molecule has 1 aliphatic rings. The van der Waals surface area contributed by atoms with Crippen LogP contribution in [0.2, 0.25) is 0 Å². The molecule has 3 N–H and O–H groups in total. The molecule has 0 spiro atoms. The molecule has 19 heavy (non-hydrogen) atoms. The van der Waals surface area contributed by atoms with Gasteiger partial charge in [-0.05, 0) is 52.9 Å². The molecule has 104 valence electrons. The zero-order chi connectivity index (χ0) is 14.0. The number of amides is 1. The van der Waals surface area contributed by atoms with Gasteiger partial charge in [0.05, 0.1) is 4.90 Å². The molecule has 0 atom stereocenters. The molecule has 0 bridgehead atoms. The Balaban J connectivity index is 2.13. The SMILES string of the molecule is NS(=O)(=O)c1cc(C(=O)NCC2CCC2)ccc1Br. The predicted molar refractivity (Wildman–Crippen MR) is 75.2 cm³/mol. The normalized spacial score (nSPS) is 15.9. The summed E-state index contributed by atoms with van der Waals surface area (Å²) < 4.78 is 23.1. The fraction of sp³-hybridized carbons (Fsp3) is 0.417. The summed E-state index contributed by atoms with van der Waals surface area (Å²) in [4.78, 5) is 11.8. The molecular weight excluding hydrogens is 332 g/mol. The summed E-state index contributed by atoms with van der Waals surface area (Å²) in [5.41, 5.74) is 0.298. The number of halogens is 1. The van der Waals surface area contributed by atoms with E-state index in [4.69, 9.17) is 5.14 Å². The first-order valence-corrected chi connectivity index (χ1v) is 8.32. The van der Waals surface area contributed by atoms with E-state index in [-0.39, 0.29) is 10.8 Å². The number of rotatable bonds is 4. The highest BCUT2D eigenvalue weighted by molar-refractivity contribution is 9.10. The minimum Gasteiger partial charge on any atom is -0.352 e. The molecule has 0 radical (unpaired) electrons. The summed E-state index contributed by atoms with van der Waals surface area (Å²) in [6, 6.07) is 4.36. The highest BCUT2D eigenvalue weighted by atomic mass is 79.9. The van der Waals surface area contributed by atoms with E-state index in [0.29, 0.717) is 22.5 Å². The van der Waals surface area contributed by atoms with E-state index < -0.39 is 10.0 Å². The lowest BCUT2D eigenvalue weighted by Gasteiger charge is -2.25. The number of carbonyl (C=O) groups excluding carboxylic acids is 1. The first kappa shape index (κ1) is 14.5. The minimum atomic E-state index is -3.84. The van der Waals surface area contributed by atoms with Gasteiger partial charge in [-0.25, -0.2) is 13.6 Å². The highest BCUT2D eigenvalue weighted by Gasteiger charge is 2.19. The maximum atomic E-state index is 11.9. The second kappa shape index (κ2) is 5.60. The molecule has 0 aliphatic heterocycles. The van der Waals surface area contributed by atoms with E-state index in [2.05, 4.69) is 21.2 Å². The zero-order valence-corrected chi connectivity index (χ0v) is 12.6. The van der Waals surface area contributed by atoms with Crippen LogP contribution in [0.5, 0.6) is 0 Å². The number of hydrogen-bond acceptors (Lipinski definition) is 3. The largest absolute Gasteiger partial charge is 0.352 e. The fourth-order valence-electron chi connectivity index (χ4n) is 1.90. The Labute approximate surface area is 120 Å². The number of carbonyl (C=O) groups is 1. The van der Waals surface area contributed by atoms with Crippen molar-refractivity contribution in [2.75, 3.05) is 6.54 Å². The van der Waals surface area contributed by atoms with Gasteiger partial charge in [-0.3, -0.25) is 4.79 Å². The van der Waals surface area contributed by atoms with Gasteiger partial charge in [0.1, 0.15) is 0 Å². The Hall–Kier alpha value is -0.920. The van der Waals surface area contributed by atoms with Gasteiger partial charge in [0.25, 0.3) is 5.91 Å². The van der Waals surface area contributed by atoms with Crippen molar-refractivity contribution >= 4 is 31.9 Å². The third-order valence-electron chi connectivity index (χ3n) is 3.28. The van der Waals surface area contributed by atoms with Crippen molar-refractivity contribution in [3.63, 3.8) is 0 Å². The van der Waals surface area contributed by atoms with Gasteiger partial charge in [-0.1, -0.05) is 6.42 Å². The summed E-state index contributed by atoms with van der Waals surface area (Å²) >= 11 is 3.11. The quantitative estimate of drug-likeness (QED) is 0.867. The Morgan fingerprint density at radius 1 is 1.42 bits per heavy atom. The molecule has 1 aliphatic carbocycles. The van der Waals surface area contributed by atoms with Gasteiger partial charge in [0, 0.05) is 16.6 Å². The van der Waals surface area contributed by atoms with Crippen LogP contribution in [0.3, 0.4) is 0 Å². The summed E-state index contributed by atoms with van der Waals surface area (Å²) in [6.07, 6.45) is 3.50. The molecule has 0 saturated heterocycles. The van der Waals surface area contributed by atoms with Crippen LogP contribution in [0.25, 0.3) is 0 Å². The summed E-state index contributed by atoms with van der Waals surface area (Å²) in [5, 5.41) is 7.90. The molecule has 1 fully saturated rings. The molecule has 7 heteroatoms. The molecule has 5 nitrogen and oxygen atoms in total. The van der Waals surface area contributed by atoms with Crippen molar-refractivity contribution in [3.05, 3.63) is 28.2 Å². The van der Waals surface area contributed by atoms with Crippen LogP contribution >= 0.6 is 15.9 Å². The monoisotopic (exact) mass is 346 g/mol. The number of hydrogen-bond donors (Lipinski definition) is 2. The van der Waals surface area contributed by atoms with E-state index in [1.54, 1.807) is 6.07 Å². The lowest BCUT2D eigenvalue weighted by molar-refractivity contribution is 0.0939. The number of primary sulfonamides is 1. The van der Waals surface area contributed by atoms with Crippen molar-refractivity contribution in [3.8, 4) is 0 Å². The van der Waals surface area contributed by atoms with Crippen LogP contribution in [-0.4, -0.2) is 20.9 Å². The van der Waals surface area contributed by atoms with Crippen LogP contribution in [0.15, 0.2) is 27.6 Å². The molecular formula is C12H15BrN2O3S. The van der Waals surface area contributed by atoms with E-state index in [1.807, 2.05) is 0 Å². The fourth-order valence-corrected chi connectivity index (χ4v) is 3.45. The predicted octanol–water partition coefficient (Wildman–Crippen LogP) is 1.63. The van der Waals surface area contributed by atoms with Crippen LogP contribution in [0, 0.1) is 5.92 Å². The maximum absolute atomic E-state index is 11.9. The second-order valence-electron chi connectivity index (χ2n) is 4.70. The number of nitrogens with two attached hydrogens (primary N) is 1. The van der Waals surface area contributed by atoms with E-state index in [0.717, 1.165) is 12.8 Å². The molecule has 1 aromatic rings. The highest BCUT2D eigenvalue weighted by Crippen LogP contribution is 2.25. The van der Waals surface area contributed by atoms with Crippen LogP contribution < -0.4 is 10.5 Å². The number of sulfonamides is 1. The number of nitrogens with one attached hydrogen (secondary N) is 1. The van der Waals surface area contributed by atoms with Gasteiger partial charge in [-0.2, -0.15) is 0 Å². The molecule has 2 rings (SSSR count). The van der Waals surface area contributed by atoms with E-state index in [1.165, 1.54) is 18.6 Å². The van der Waals surface area contributed by atoms with Crippen LogP contribution in [-0.2, 0) is 10.0 Å². The Bertz CT molecular complexity index is 597. The molecule has 1 aromatic carbocycles. The van der Waals surface area contributed by atoms with Crippen molar-refractivity contribution in [1.29, 1.82) is 0 Å². The second-order valence-corrected chi connectivity index (χ2v) is 7.08. The van der Waals surface area contributed by atoms with E-state index >= 15 is 0 Å². The molecule has 0 heterocycles. The van der Waals surface area contributed by atoms with Crippen molar-refractivity contribution in [2.45, 2.75) is 24.2 Å². The lowest BCUT2D eigenvalue weighted by atomic mass is 9.85. The van der Waals surface area contributed by atoms with Crippen molar-refractivity contribution < 1.29 is 13.2 Å². The van der Waals surface area contributed by atoms with E-state index in [9.17, 15) is 13.2 Å². The summed E-state index contributed by atoms with van der Waals surface area (Å²) in [5.74, 6) is 0.279. The Morgan fingerprint density at radius 2 is 2.11 bits per heavy atom. The Morgan fingerprint density at radius 3 is 2.63 bits per heavy atom. The first-order valence-electron chi connectivity index (χ1n) is 5.98. The van der Waals surface area contributed by atoms with Crippen molar-refractivity contribution in [2.24, 2.45) is 11.1 Å². The standard InChI is InChI=1S/C12H15BrN2O3S/c13-10-5-4-9(6-11(10)19(14,17)18)12(16)15-7-8-2-1-3-8/h4-6,8H,1-3,7H2,(H,15,16)(H2,14,17,18). The minimum absolute atomic E-state index is 0.0798. The average Bonchev–Trinajstić information content (AvgIpc) is 2.25. The number of benzene rings is 1. The van der Waals surface area contributed by atoms with Crippen LogP contribution in [0.4, 0.5) is 0 Å². The van der Waals surface area contributed by atoms with Crippen LogP contribution in [0.1, 0.15) is 29.6 Å². The van der Waals surface area contributed by atoms with Crippen molar-refractivity contribution in [1.82, 2.24) is 5.32 Å². The average molecular weight is 347 g/mol. The maximum Gasteiger partial charge on any atom is 0.251 e. The Kier molecular flexibility index (Phi) is 4.27. The topological polar surface area (TPSA) is 89.3 Å². The smallest absolute Gasteiger partial charge is 0.251 e. The zero-order valence-electron chi connectivity index (χ0n) is 10.2. The van der Waals surface area contributed by atoms with Gasteiger partial charge in [0.15, 0.2) is 0 Å². The molecule has 1 saturated carbocycles. The third-order valence-corrected chi connectivity index (χ3v) is 5.18. The first-order chi connectivity index (χ1) is 8.88. The third kappa shape index (κ3) is 3.55.